The van der Waals surface area contributed by atoms with Crippen molar-refractivity contribution in [3.05, 3.63) is 28.5 Å². The van der Waals surface area contributed by atoms with E-state index in [0.717, 1.165) is 0 Å². The Labute approximate surface area is 84.0 Å². The van der Waals surface area contributed by atoms with Crippen molar-refractivity contribution < 1.29 is 5.11 Å². The SMILES string of the molecule is Oc1ncnc2cc(Cl)c(Cl)cc12. The highest BCUT2D eigenvalue weighted by molar-refractivity contribution is 6.42. The molecular weight excluding hydrogens is 211 g/mol. The molecule has 13 heavy (non-hydrogen) atoms. The molecule has 0 radical (unpaired) electrons. The van der Waals surface area contributed by atoms with Crippen molar-refractivity contribution in [1.82, 2.24) is 9.97 Å². The maximum absolute atomic E-state index is 9.33. The van der Waals surface area contributed by atoms with E-state index in [1.54, 1.807) is 6.07 Å². The Morgan fingerprint density at radius 2 is 1.77 bits per heavy atom. The van der Waals surface area contributed by atoms with Crippen LogP contribution in [0, 0.1) is 0 Å². The Hall–Kier alpha value is -1.06. The lowest BCUT2D eigenvalue weighted by Crippen LogP contribution is -1.83. The summed E-state index contributed by atoms with van der Waals surface area (Å²) < 4.78 is 0. The molecule has 0 atom stereocenters. The second-order valence-electron chi connectivity index (χ2n) is 2.48. The zero-order chi connectivity index (χ0) is 9.42. The molecule has 2 rings (SSSR count). The molecule has 0 bridgehead atoms. The molecule has 66 valence electrons. The summed E-state index contributed by atoms with van der Waals surface area (Å²) in [6.07, 6.45) is 1.27. The lowest BCUT2D eigenvalue weighted by Gasteiger charge is -2.00. The molecule has 1 aromatic carbocycles. The second kappa shape index (κ2) is 3.01. The van der Waals surface area contributed by atoms with Crippen LogP contribution in [0.4, 0.5) is 0 Å². The van der Waals surface area contributed by atoms with E-state index in [-0.39, 0.29) is 5.88 Å². The van der Waals surface area contributed by atoms with Crippen LogP contribution in [0.25, 0.3) is 10.9 Å². The van der Waals surface area contributed by atoms with Crippen LogP contribution >= 0.6 is 23.2 Å². The van der Waals surface area contributed by atoms with E-state index >= 15 is 0 Å². The Balaban J connectivity index is 2.89. The molecule has 0 aliphatic rings. The van der Waals surface area contributed by atoms with Crippen LogP contribution < -0.4 is 0 Å². The number of hydrogen-bond donors (Lipinski definition) is 1. The van der Waals surface area contributed by atoms with Gasteiger partial charge in [-0.3, -0.25) is 0 Å². The van der Waals surface area contributed by atoms with Gasteiger partial charge in [0.15, 0.2) is 0 Å². The van der Waals surface area contributed by atoms with Gasteiger partial charge in [-0.15, -0.1) is 0 Å². The third kappa shape index (κ3) is 1.41. The minimum Gasteiger partial charge on any atom is -0.493 e. The molecule has 0 amide bonds. The van der Waals surface area contributed by atoms with Crippen LogP contribution in [0.5, 0.6) is 5.88 Å². The molecular formula is C8H4Cl2N2O. The minimum absolute atomic E-state index is 0.0939. The van der Waals surface area contributed by atoms with Crippen LogP contribution in [0.2, 0.25) is 10.0 Å². The average molecular weight is 215 g/mol. The van der Waals surface area contributed by atoms with Gasteiger partial charge >= 0.3 is 0 Å². The van der Waals surface area contributed by atoms with E-state index in [2.05, 4.69) is 9.97 Å². The second-order valence-corrected chi connectivity index (χ2v) is 3.30. The highest BCUT2D eigenvalue weighted by atomic mass is 35.5. The number of fused-ring (bicyclic) bond motifs is 1. The fourth-order valence-electron chi connectivity index (χ4n) is 1.04. The van der Waals surface area contributed by atoms with Crippen LogP contribution in [-0.4, -0.2) is 15.1 Å². The molecule has 1 aromatic heterocycles. The van der Waals surface area contributed by atoms with E-state index in [4.69, 9.17) is 23.2 Å². The maximum Gasteiger partial charge on any atom is 0.222 e. The fourth-order valence-corrected chi connectivity index (χ4v) is 1.36. The van der Waals surface area contributed by atoms with Gasteiger partial charge in [0.25, 0.3) is 0 Å². The van der Waals surface area contributed by atoms with E-state index < -0.39 is 0 Å². The van der Waals surface area contributed by atoms with Crippen molar-refractivity contribution in [2.24, 2.45) is 0 Å². The third-order valence-electron chi connectivity index (χ3n) is 1.66. The molecule has 0 aliphatic carbocycles. The first-order valence-corrected chi connectivity index (χ1v) is 4.23. The van der Waals surface area contributed by atoms with Crippen molar-refractivity contribution in [3.8, 4) is 5.88 Å². The van der Waals surface area contributed by atoms with Crippen LogP contribution in [-0.2, 0) is 0 Å². The molecule has 0 aliphatic heterocycles. The number of hydrogen-bond acceptors (Lipinski definition) is 3. The van der Waals surface area contributed by atoms with E-state index in [1.165, 1.54) is 12.4 Å². The normalized spacial score (nSPS) is 10.6. The molecule has 0 saturated heterocycles. The summed E-state index contributed by atoms with van der Waals surface area (Å²) in [4.78, 5) is 7.55. The van der Waals surface area contributed by atoms with Crippen molar-refractivity contribution in [1.29, 1.82) is 0 Å². The first-order valence-electron chi connectivity index (χ1n) is 3.47. The Morgan fingerprint density at radius 1 is 1.08 bits per heavy atom. The average Bonchev–Trinajstić information content (AvgIpc) is 2.09. The zero-order valence-electron chi connectivity index (χ0n) is 6.33. The van der Waals surface area contributed by atoms with Gasteiger partial charge in [-0.05, 0) is 12.1 Å². The monoisotopic (exact) mass is 214 g/mol. The first-order chi connectivity index (χ1) is 6.18. The molecule has 0 fully saturated rings. The summed E-state index contributed by atoms with van der Waals surface area (Å²) in [5, 5.41) is 10.6. The van der Waals surface area contributed by atoms with Gasteiger partial charge in [-0.25, -0.2) is 9.97 Å². The predicted molar refractivity (Wildman–Crippen MR) is 51.2 cm³/mol. The smallest absolute Gasteiger partial charge is 0.222 e. The summed E-state index contributed by atoms with van der Waals surface area (Å²) in [6, 6.07) is 3.12. The molecule has 0 unspecified atom stereocenters. The molecule has 2 aromatic rings. The highest BCUT2D eigenvalue weighted by Crippen LogP contribution is 2.29. The summed E-state index contributed by atoms with van der Waals surface area (Å²) in [7, 11) is 0. The van der Waals surface area contributed by atoms with E-state index in [0.29, 0.717) is 20.9 Å². The largest absolute Gasteiger partial charge is 0.493 e. The molecule has 5 heteroatoms. The molecule has 1 heterocycles. The number of aromatic hydroxyl groups is 1. The van der Waals surface area contributed by atoms with E-state index in [9.17, 15) is 5.11 Å². The highest BCUT2D eigenvalue weighted by Gasteiger charge is 2.05. The molecule has 0 spiro atoms. The van der Waals surface area contributed by atoms with Gasteiger partial charge < -0.3 is 5.11 Å². The lowest BCUT2D eigenvalue weighted by atomic mass is 10.2. The summed E-state index contributed by atoms with van der Waals surface area (Å²) in [5.41, 5.74) is 0.571. The number of benzene rings is 1. The van der Waals surface area contributed by atoms with Crippen molar-refractivity contribution in [2.75, 3.05) is 0 Å². The quantitative estimate of drug-likeness (QED) is 0.734. The molecule has 0 saturated carbocycles. The topological polar surface area (TPSA) is 46.0 Å². The predicted octanol–water partition coefficient (Wildman–Crippen LogP) is 2.64. The zero-order valence-corrected chi connectivity index (χ0v) is 7.84. The van der Waals surface area contributed by atoms with Gasteiger partial charge in [0.05, 0.1) is 20.9 Å². The molecule has 3 nitrogen and oxygen atoms in total. The number of rotatable bonds is 0. The maximum atomic E-state index is 9.33. The standard InChI is InChI=1S/C8H4Cl2N2O/c9-5-1-4-7(2-6(5)10)11-3-12-8(4)13/h1-3H,(H,11,12,13). The third-order valence-corrected chi connectivity index (χ3v) is 2.38. The summed E-state index contributed by atoms with van der Waals surface area (Å²) in [6.45, 7) is 0. The van der Waals surface area contributed by atoms with E-state index in [1.807, 2.05) is 0 Å². The lowest BCUT2D eigenvalue weighted by molar-refractivity contribution is 0.459. The van der Waals surface area contributed by atoms with Crippen molar-refractivity contribution in [3.63, 3.8) is 0 Å². The Bertz CT molecular complexity index is 473. The summed E-state index contributed by atoms with van der Waals surface area (Å²) in [5.74, 6) is -0.0939. The Morgan fingerprint density at radius 3 is 2.54 bits per heavy atom. The fraction of sp³-hybridized carbons (Fsp3) is 0. The van der Waals surface area contributed by atoms with Crippen LogP contribution in [0.1, 0.15) is 0 Å². The van der Waals surface area contributed by atoms with Gasteiger partial charge in [-0.2, -0.15) is 0 Å². The van der Waals surface area contributed by atoms with Crippen molar-refractivity contribution >= 4 is 34.1 Å². The minimum atomic E-state index is -0.0939. The van der Waals surface area contributed by atoms with Crippen LogP contribution in [0.3, 0.4) is 0 Å². The number of halogens is 2. The Kier molecular flexibility index (Phi) is 1.98. The first kappa shape index (κ1) is 8.53. The van der Waals surface area contributed by atoms with Crippen LogP contribution in [0.15, 0.2) is 18.5 Å². The molecule has 1 N–H and O–H groups in total. The number of aromatic nitrogens is 2. The van der Waals surface area contributed by atoms with Crippen molar-refractivity contribution in [2.45, 2.75) is 0 Å². The summed E-state index contributed by atoms with van der Waals surface area (Å²) >= 11 is 11.5. The van der Waals surface area contributed by atoms with Gasteiger partial charge in [0.2, 0.25) is 5.88 Å². The van der Waals surface area contributed by atoms with Gasteiger partial charge in [0, 0.05) is 0 Å². The number of nitrogens with zero attached hydrogens (tertiary/aromatic N) is 2. The van der Waals surface area contributed by atoms with Gasteiger partial charge in [-0.1, -0.05) is 23.2 Å². The van der Waals surface area contributed by atoms with Gasteiger partial charge in [0.1, 0.15) is 6.33 Å².